The van der Waals surface area contributed by atoms with Crippen LogP contribution in [0.5, 0.6) is 0 Å². The molecular weight excluding hydrogens is 324 g/mol. The van der Waals surface area contributed by atoms with Crippen molar-refractivity contribution in [3.63, 3.8) is 0 Å². The Morgan fingerprint density at radius 3 is 2.79 bits per heavy atom. The van der Waals surface area contributed by atoms with E-state index in [2.05, 4.69) is 13.5 Å². The Balaban J connectivity index is 2.11. The molecule has 1 aromatic carbocycles. The molecule has 0 aliphatic rings. The van der Waals surface area contributed by atoms with Crippen molar-refractivity contribution in [1.29, 1.82) is 0 Å². The molecule has 24 heavy (non-hydrogen) atoms. The summed E-state index contributed by atoms with van der Waals surface area (Å²) in [4.78, 5) is 24.1. The van der Waals surface area contributed by atoms with Crippen molar-refractivity contribution in [3.05, 3.63) is 52.9 Å². The standard InChI is InChI=1S/C19H22O4S/c1-4-7-14(10-11-22-19(21)13(2)3)24-17-12-18(20)23-16-9-6-5-8-15(16)17/h5-6,8-9,12,14H,2,4,7,10-11H2,1,3H3. The first-order valence-corrected chi connectivity index (χ1v) is 8.91. The number of hydrogen-bond acceptors (Lipinski definition) is 5. The van der Waals surface area contributed by atoms with E-state index in [1.54, 1.807) is 24.8 Å². The Labute approximate surface area is 145 Å². The summed E-state index contributed by atoms with van der Waals surface area (Å²) in [7, 11) is 0. The third-order valence-electron chi connectivity index (χ3n) is 3.54. The lowest BCUT2D eigenvalue weighted by molar-refractivity contribution is -0.139. The predicted molar refractivity (Wildman–Crippen MR) is 97.4 cm³/mol. The summed E-state index contributed by atoms with van der Waals surface area (Å²) in [5.41, 5.74) is 0.651. The minimum atomic E-state index is -0.360. The van der Waals surface area contributed by atoms with Crippen LogP contribution in [0.2, 0.25) is 0 Å². The van der Waals surface area contributed by atoms with Crippen LogP contribution >= 0.6 is 11.8 Å². The second-order valence-electron chi connectivity index (χ2n) is 5.66. The maximum atomic E-state index is 11.8. The number of hydrogen-bond donors (Lipinski definition) is 0. The average Bonchev–Trinajstić information content (AvgIpc) is 2.54. The van der Waals surface area contributed by atoms with Crippen molar-refractivity contribution in [1.82, 2.24) is 0 Å². The molecule has 0 saturated heterocycles. The molecule has 1 heterocycles. The van der Waals surface area contributed by atoms with Crippen molar-refractivity contribution in [2.24, 2.45) is 0 Å². The lowest BCUT2D eigenvalue weighted by atomic mass is 10.2. The molecule has 5 heteroatoms. The number of rotatable bonds is 8. The smallest absolute Gasteiger partial charge is 0.337 e. The highest BCUT2D eigenvalue weighted by atomic mass is 32.2. The van der Waals surface area contributed by atoms with E-state index < -0.39 is 0 Å². The van der Waals surface area contributed by atoms with Gasteiger partial charge in [0.1, 0.15) is 5.58 Å². The largest absolute Gasteiger partial charge is 0.462 e. The van der Waals surface area contributed by atoms with Gasteiger partial charge >= 0.3 is 11.6 Å². The van der Waals surface area contributed by atoms with Gasteiger partial charge in [-0.25, -0.2) is 9.59 Å². The SMILES string of the molecule is C=C(C)C(=O)OCCC(CCC)Sc1cc(=O)oc2ccccc12. The number of benzene rings is 1. The number of thioether (sulfide) groups is 1. The summed E-state index contributed by atoms with van der Waals surface area (Å²) in [6.07, 6.45) is 2.72. The van der Waals surface area contributed by atoms with Crippen LogP contribution in [0.3, 0.4) is 0 Å². The minimum Gasteiger partial charge on any atom is -0.462 e. The van der Waals surface area contributed by atoms with Gasteiger partial charge in [-0.2, -0.15) is 0 Å². The molecule has 2 aromatic rings. The highest BCUT2D eigenvalue weighted by molar-refractivity contribution is 8.00. The van der Waals surface area contributed by atoms with Gasteiger partial charge < -0.3 is 9.15 Å². The van der Waals surface area contributed by atoms with E-state index in [1.165, 1.54) is 6.07 Å². The monoisotopic (exact) mass is 346 g/mol. The molecular formula is C19H22O4S. The van der Waals surface area contributed by atoms with Crippen molar-refractivity contribution >= 4 is 28.7 Å². The topological polar surface area (TPSA) is 56.5 Å². The van der Waals surface area contributed by atoms with E-state index in [4.69, 9.17) is 9.15 Å². The molecule has 0 aliphatic carbocycles. The molecule has 1 unspecified atom stereocenters. The second-order valence-corrected chi connectivity index (χ2v) is 7.00. The van der Waals surface area contributed by atoms with Gasteiger partial charge in [0.2, 0.25) is 0 Å². The van der Waals surface area contributed by atoms with E-state index in [1.807, 2.05) is 18.2 Å². The molecule has 1 atom stereocenters. The Morgan fingerprint density at radius 2 is 2.08 bits per heavy atom. The molecule has 0 radical (unpaired) electrons. The van der Waals surface area contributed by atoms with Crippen molar-refractivity contribution < 1.29 is 13.9 Å². The van der Waals surface area contributed by atoms with Gasteiger partial charge in [0.25, 0.3) is 0 Å². The Kier molecular flexibility index (Phi) is 6.67. The Hall–Kier alpha value is -2.01. The summed E-state index contributed by atoms with van der Waals surface area (Å²) >= 11 is 1.64. The highest BCUT2D eigenvalue weighted by Gasteiger charge is 2.14. The minimum absolute atomic E-state index is 0.262. The average molecular weight is 346 g/mol. The Morgan fingerprint density at radius 1 is 1.33 bits per heavy atom. The van der Waals surface area contributed by atoms with Crippen LogP contribution in [0.15, 0.2) is 56.6 Å². The second kappa shape index (κ2) is 8.73. The van der Waals surface area contributed by atoms with E-state index >= 15 is 0 Å². The van der Waals surface area contributed by atoms with Crippen LogP contribution in [0, 0.1) is 0 Å². The zero-order chi connectivity index (χ0) is 17.5. The van der Waals surface area contributed by atoms with Gasteiger partial charge in [-0.05, 0) is 25.8 Å². The van der Waals surface area contributed by atoms with Gasteiger partial charge in [-0.15, -0.1) is 11.8 Å². The zero-order valence-corrected chi connectivity index (χ0v) is 14.9. The van der Waals surface area contributed by atoms with Gasteiger partial charge in [-0.3, -0.25) is 0 Å². The van der Waals surface area contributed by atoms with Crippen LogP contribution < -0.4 is 5.63 Å². The van der Waals surface area contributed by atoms with E-state index in [9.17, 15) is 9.59 Å². The zero-order valence-electron chi connectivity index (χ0n) is 14.0. The van der Waals surface area contributed by atoms with Crippen molar-refractivity contribution in [2.45, 2.75) is 43.3 Å². The fourth-order valence-electron chi connectivity index (χ4n) is 2.35. The number of para-hydroxylation sites is 1. The van der Waals surface area contributed by atoms with Gasteiger partial charge in [0, 0.05) is 27.2 Å². The quantitative estimate of drug-likeness (QED) is 0.303. The molecule has 4 nitrogen and oxygen atoms in total. The van der Waals surface area contributed by atoms with Crippen molar-refractivity contribution in [3.8, 4) is 0 Å². The summed E-state index contributed by atoms with van der Waals surface area (Å²) in [6.45, 7) is 7.68. The first-order chi connectivity index (χ1) is 11.5. The number of fused-ring (bicyclic) bond motifs is 1. The number of carbonyl (C=O) groups is 1. The summed E-state index contributed by atoms with van der Waals surface area (Å²) in [5, 5.41) is 1.19. The fraction of sp³-hybridized carbons (Fsp3) is 0.368. The van der Waals surface area contributed by atoms with Gasteiger partial charge in [0.15, 0.2) is 0 Å². The van der Waals surface area contributed by atoms with E-state index in [0.29, 0.717) is 17.8 Å². The molecule has 0 N–H and O–H groups in total. The molecule has 0 aliphatic heterocycles. The van der Waals surface area contributed by atoms with Crippen LogP contribution in [0.25, 0.3) is 11.0 Å². The molecule has 0 spiro atoms. The van der Waals surface area contributed by atoms with E-state index in [-0.39, 0.29) is 16.8 Å². The molecule has 0 amide bonds. The lowest BCUT2D eigenvalue weighted by Crippen LogP contribution is -2.12. The number of ether oxygens (including phenoxy) is 1. The third kappa shape index (κ3) is 4.99. The molecule has 2 rings (SSSR count). The molecule has 0 saturated carbocycles. The highest BCUT2D eigenvalue weighted by Crippen LogP contribution is 2.33. The number of carbonyl (C=O) groups excluding carboxylic acids is 1. The molecule has 0 fully saturated rings. The molecule has 1 aromatic heterocycles. The Bertz CT molecular complexity index is 778. The van der Waals surface area contributed by atoms with Crippen molar-refractivity contribution in [2.75, 3.05) is 6.61 Å². The normalized spacial score (nSPS) is 12.1. The summed E-state index contributed by atoms with van der Waals surface area (Å²) in [6, 6.07) is 9.06. The molecule has 128 valence electrons. The third-order valence-corrected chi connectivity index (χ3v) is 4.93. The maximum Gasteiger partial charge on any atom is 0.337 e. The van der Waals surface area contributed by atoms with Crippen LogP contribution in [0.4, 0.5) is 0 Å². The molecule has 0 bridgehead atoms. The van der Waals surface area contributed by atoms with Crippen LogP contribution in [0.1, 0.15) is 33.1 Å². The summed E-state index contributed by atoms with van der Waals surface area (Å²) < 4.78 is 10.4. The first kappa shape index (κ1) is 18.3. The van der Waals surface area contributed by atoms with Crippen LogP contribution in [-0.4, -0.2) is 17.8 Å². The maximum absolute atomic E-state index is 11.8. The first-order valence-electron chi connectivity index (χ1n) is 8.03. The van der Waals surface area contributed by atoms with Gasteiger partial charge in [-0.1, -0.05) is 38.1 Å². The number of esters is 1. The lowest BCUT2D eigenvalue weighted by Gasteiger charge is -2.16. The predicted octanol–water partition coefficient (Wildman–Crippen LogP) is 4.56. The fourth-order valence-corrected chi connectivity index (χ4v) is 3.74. The van der Waals surface area contributed by atoms with Crippen LogP contribution in [-0.2, 0) is 9.53 Å². The van der Waals surface area contributed by atoms with E-state index in [0.717, 1.165) is 29.5 Å². The summed E-state index contributed by atoms with van der Waals surface area (Å²) in [5.74, 6) is -0.360. The van der Waals surface area contributed by atoms with Gasteiger partial charge in [0.05, 0.1) is 6.61 Å².